The number of ether oxygens (including phenoxy) is 1. The number of nitrogens with one attached hydrogen (secondary N) is 1. The molecule has 0 aromatic heterocycles. The molecule has 0 aliphatic heterocycles. The summed E-state index contributed by atoms with van der Waals surface area (Å²) >= 11 is 8.99. The molecule has 8 heteroatoms. The van der Waals surface area contributed by atoms with Crippen LogP contribution >= 0.6 is 27.5 Å². The van der Waals surface area contributed by atoms with E-state index in [1.165, 1.54) is 37.4 Å². The molecule has 0 amide bonds. The fourth-order valence-electron chi connectivity index (χ4n) is 1.58. The summed E-state index contributed by atoms with van der Waals surface area (Å²) in [5, 5.41) is 0.400. The lowest BCUT2D eigenvalue weighted by molar-refractivity contribution is 0.387. The first-order valence-electron chi connectivity index (χ1n) is 5.65. The quantitative estimate of drug-likeness (QED) is 0.851. The molecule has 0 unspecified atom stereocenters. The van der Waals surface area contributed by atoms with Crippen molar-refractivity contribution in [3.8, 4) is 5.75 Å². The molecule has 0 spiro atoms. The van der Waals surface area contributed by atoms with Crippen LogP contribution in [0.5, 0.6) is 5.75 Å². The molecule has 0 atom stereocenters. The van der Waals surface area contributed by atoms with Gasteiger partial charge in [-0.25, -0.2) is 12.8 Å². The zero-order valence-corrected chi connectivity index (χ0v) is 13.9. The third-order valence-electron chi connectivity index (χ3n) is 2.60. The Labute approximate surface area is 135 Å². The molecule has 1 N–H and O–H groups in total. The first kappa shape index (κ1) is 16.1. The summed E-state index contributed by atoms with van der Waals surface area (Å²) in [6, 6.07) is 7.90. The molecule has 0 bridgehead atoms. The summed E-state index contributed by atoms with van der Waals surface area (Å²) in [6.45, 7) is 0. The SMILES string of the molecule is COc1cc(NS(=O)(=O)c2ccc(Cl)c(Br)c2)ccc1F. The van der Waals surface area contributed by atoms with E-state index in [0.717, 1.165) is 6.07 Å². The Morgan fingerprint density at radius 3 is 2.57 bits per heavy atom. The number of anilines is 1. The molecule has 0 saturated heterocycles. The van der Waals surface area contributed by atoms with Crippen molar-refractivity contribution in [2.45, 2.75) is 4.90 Å². The third kappa shape index (κ3) is 3.66. The maximum atomic E-state index is 13.3. The smallest absolute Gasteiger partial charge is 0.261 e. The van der Waals surface area contributed by atoms with Crippen molar-refractivity contribution < 1.29 is 17.5 Å². The van der Waals surface area contributed by atoms with E-state index < -0.39 is 15.8 Å². The number of hydrogen-bond acceptors (Lipinski definition) is 3. The van der Waals surface area contributed by atoms with Crippen molar-refractivity contribution in [3.05, 3.63) is 51.7 Å². The molecule has 0 fully saturated rings. The monoisotopic (exact) mass is 393 g/mol. The van der Waals surface area contributed by atoms with Gasteiger partial charge in [-0.15, -0.1) is 0 Å². The molecular formula is C13H10BrClFNO3S. The summed E-state index contributed by atoms with van der Waals surface area (Å²) in [5.41, 5.74) is 0.194. The van der Waals surface area contributed by atoms with Gasteiger partial charge in [0, 0.05) is 10.5 Å². The van der Waals surface area contributed by atoms with Gasteiger partial charge >= 0.3 is 0 Å². The summed E-state index contributed by atoms with van der Waals surface area (Å²) in [4.78, 5) is 0.0297. The fourth-order valence-corrected chi connectivity index (χ4v) is 3.30. The van der Waals surface area contributed by atoms with E-state index in [1.54, 1.807) is 0 Å². The molecule has 2 aromatic rings. The molecular weight excluding hydrogens is 385 g/mol. The standard InChI is InChI=1S/C13H10BrClFNO3S/c1-20-13-6-8(2-5-12(13)16)17-21(18,19)9-3-4-11(15)10(14)7-9/h2-7,17H,1H3. The number of hydrogen-bond donors (Lipinski definition) is 1. The molecule has 21 heavy (non-hydrogen) atoms. The van der Waals surface area contributed by atoms with Crippen molar-refractivity contribution in [1.82, 2.24) is 0 Å². The van der Waals surface area contributed by atoms with Crippen molar-refractivity contribution in [3.63, 3.8) is 0 Å². The highest BCUT2D eigenvalue weighted by atomic mass is 79.9. The van der Waals surface area contributed by atoms with E-state index in [4.69, 9.17) is 16.3 Å². The third-order valence-corrected chi connectivity index (χ3v) is 5.20. The Kier molecular flexibility index (Phi) is 4.75. The van der Waals surface area contributed by atoms with Crippen LogP contribution in [0.1, 0.15) is 0 Å². The topological polar surface area (TPSA) is 55.4 Å². The molecule has 4 nitrogen and oxygen atoms in total. The second-order valence-electron chi connectivity index (χ2n) is 4.03. The fraction of sp³-hybridized carbons (Fsp3) is 0.0769. The molecule has 0 aliphatic carbocycles. The van der Waals surface area contributed by atoms with Gasteiger partial charge in [0.25, 0.3) is 10.0 Å². The molecule has 112 valence electrons. The lowest BCUT2D eigenvalue weighted by Gasteiger charge is -2.10. The molecule has 0 radical (unpaired) electrons. The highest BCUT2D eigenvalue weighted by molar-refractivity contribution is 9.10. The lowest BCUT2D eigenvalue weighted by atomic mass is 10.3. The van der Waals surface area contributed by atoms with Crippen molar-refractivity contribution in [1.29, 1.82) is 0 Å². The van der Waals surface area contributed by atoms with Crippen molar-refractivity contribution in [2.75, 3.05) is 11.8 Å². The second-order valence-corrected chi connectivity index (χ2v) is 6.97. The van der Waals surface area contributed by atoms with Crippen LogP contribution in [0.4, 0.5) is 10.1 Å². The summed E-state index contributed by atoms with van der Waals surface area (Å²) in [7, 11) is -2.51. The molecule has 0 heterocycles. The van der Waals surface area contributed by atoms with Crippen LogP contribution < -0.4 is 9.46 Å². The van der Waals surface area contributed by atoms with Crippen LogP contribution in [0.2, 0.25) is 5.02 Å². The number of halogens is 3. The van der Waals surface area contributed by atoms with Crippen molar-refractivity contribution in [2.24, 2.45) is 0 Å². The van der Waals surface area contributed by atoms with E-state index in [2.05, 4.69) is 20.7 Å². The first-order valence-corrected chi connectivity index (χ1v) is 8.30. The minimum atomic E-state index is -3.81. The zero-order chi connectivity index (χ0) is 15.6. The first-order chi connectivity index (χ1) is 9.83. The van der Waals surface area contributed by atoms with E-state index >= 15 is 0 Å². The molecule has 2 aromatic carbocycles. The van der Waals surface area contributed by atoms with Crippen LogP contribution in [0.15, 0.2) is 45.8 Å². The largest absolute Gasteiger partial charge is 0.494 e. The zero-order valence-electron chi connectivity index (χ0n) is 10.7. The Bertz CT molecular complexity index is 783. The van der Waals surface area contributed by atoms with Gasteiger partial charge in [0.05, 0.1) is 22.7 Å². The minimum absolute atomic E-state index is 0.0297. The van der Waals surface area contributed by atoms with E-state index in [9.17, 15) is 12.8 Å². The Hall–Kier alpha value is -1.31. The van der Waals surface area contributed by atoms with Gasteiger partial charge in [-0.05, 0) is 46.3 Å². The second kappa shape index (κ2) is 6.21. The lowest BCUT2D eigenvalue weighted by Crippen LogP contribution is -2.13. The number of benzene rings is 2. The van der Waals surface area contributed by atoms with Crippen LogP contribution in [-0.2, 0) is 10.0 Å². The maximum Gasteiger partial charge on any atom is 0.261 e. The number of rotatable bonds is 4. The van der Waals surface area contributed by atoms with Gasteiger partial charge in [0.1, 0.15) is 0 Å². The molecule has 0 saturated carbocycles. The van der Waals surface area contributed by atoms with E-state index in [1.807, 2.05) is 0 Å². The van der Waals surface area contributed by atoms with Gasteiger partial charge in [-0.2, -0.15) is 0 Å². The Balaban J connectivity index is 2.35. The summed E-state index contributed by atoms with van der Waals surface area (Å²) in [6.07, 6.45) is 0. The highest BCUT2D eigenvalue weighted by Gasteiger charge is 2.16. The Morgan fingerprint density at radius 2 is 1.95 bits per heavy atom. The van der Waals surface area contributed by atoms with Crippen molar-refractivity contribution >= 4 is 43.2 Å². The van der Waals surface area contributed by atoms with E-state index in [-0.39, 0.29) is 16.3 Å². The number of methoxy groups -OCH3 is 1. The summed E-state index contributed by atoms with van der Waals surface area (Å²) in [5.74, 6) is -0.623. The molecule has 0 aliphatic rings. The van der Waals surface area contributed by atoms with Crippen LogP contribution in [0, 0.1) is 5.82 Å². The maximum absolute atomic E-state index is 13.3. The van der Waals surface area contributed by atoms with E-state index in [0.29, 0.717) is 9.50 Å². The Morgan fingerprint density at radius 1 is 1.24 bits per heavy atom. The van der Waals surface area contributed by atoms with Gasteiger partial charge in [0.15, 0.2) is 11.6 Å². The van der Waals surface area contributed by atoms with Gasteiger partial charge in [0.2, 0.25) is 0 Å². The predicted octanol–water partition coefficient (Wildman–Crippen LogP) is 4.05. The number of sulfonamides is 1. The summed E-state index contributed by atoms with van der Waals surface area (Å²) < 4.78 is 45.4. The van der Waals surface area contributed by atoms with Crippen LogP contribution in [0.3, 0.4) is 0 Å². The van der Waals surface area contributed by atoms with Gasteiger partial charge in [-0.1, -0.05) is 11.6 Å². The van der Waals surface area contributed by atoms with Gasteiger partial charge < -0.3 is 4.74 Å². The minimum Gasteiger partial charge on any atom is -0.494 e. The average molecular weight is 395 g/mol. The van der Waals surface area contributed by atoms with Gasteiger partial charge in [-0.3, -0.25) is 4.72 Å². The van der Waals surface area contributed by atoms with Crippen LogP contribution in [-0.4, -0.2) is 15.5 Å². The highest BCUT2D eigenvalue weighted by Crippen LogP contribution is 2.27. The predicted molar refractivity (Wildman–Crippen MR) is 82.9 cm³/mol. The normalized spacial score (nSPS) is 11.2. The average Bonchev–Trinajstić information content (AvgIpc) is 2.43. The molecule has 2 rings (SSSR count). The van der Waals surface area contributed by atoms with Crippen LogP contribution in [0.25, 0.3) is 0 Å².